The zero-order chi connectivity index (χ0) is 19.9. The van der Waals surface area contributed by atoms with Crippen molar-refractivity contribution in [2.75, 3.05) is 23.8 Å². The van der Waals surface area contributed by atoms with Crippen LogP contribution in [0, 0.1) is 5.82 Å². The van der Waals surface area contributed by atoms with Crippen LogP contribution in [0.2, 0.25) is 0 Å². The number of rotatable bonds is 7. The average molecular weight is 386 g/mol. The molecule has 1 heterocycles. The first-order valence-corrected chi connectivity index (χ1v) is 9.10. The number of carbonyl (C=O) groups excluding carboxylic acids is 2. The predicted octanol–water partition coefficient (Wildman–Crippen LogP) is 2.84. The van der Waals surface area contributed by atoms with Gasteiger partial charge in [0, 0.05) is 30.9 Å². The number of halogens is 1. The Labute approximate surface area is 162 Å². The molecule has 3 amide bonds. The molecule has 28 heavy (non-hydrogen) atoms. The van der Waals surface area contributed by atoms with Gasteiger partial charge in [0.25, 0.3) is 5.91 Å². The third-order valence-corrected chi connectivity index (χ3v) is 4.45. The number of hydrogen-bond donors (Lipinski definition) is 4. The highest BCUT2D eigenvalue weighted by Gasteiger charge is 2.16. The van der Waals surface area contributed by atoms with Crippen LogP contribution in [0.3, 0.4) is 0 Å². The Morgan fingerprint density at radius 2 is 1.96 bits per heavy atom. The first-order chi connectivity index (χ1) is 13.5. The zero-order valence-corrected chi connectivity index (χ0v) is 15.3. The average Bonchev–Trinajstić information content (AvgIpc) is 3.19. The Morgan fingerprint density at radius 1 is 1.18 bits per heavy atom. The Hall–Kier alpha value is -3.13. The Morgan fingerprint density at radius 3 is 2.61 bits per heavy atom. The molecule has 0 radical (unpaired) electrons. The summed E-state index contributed by atoms with van der Waals surface area (Å²) in [6.45, 7) is 1.59. The van der Waals surface area contributed by atoms with E-state index >= 15 is 0 Å². The van der Waals surface area contributed by atoms with Crippen molar-refractivity contribution in [1.29, 1.82) is 0 Å². The smallest absolute Gasteiger partial charge is 0.312 e. The molecular formula is C20H23FN4O3. The molecule has 1 saturated heterocycles. The minimum atomic E-state index is -0.613. The molecule has 0 spiro atoms. The van der Waals surface area contributed by atoms with Gasteiger partial charge in [-0.1, -0.05) is 12.1 Å². The number of amides is 3. The number of benzene rings is 2. The maximum absolute atomic E-state index is 14.3. The summed E-state index contributed by atoms with van der Waals surface area (Å²) in [5.41, 5.74) is 6.99. The van der Waals surface area contributed by atoms with Gasteiger partial charge in [0.15, 0.2) is 0 Å². The van der Waals surface area contributed by atoms with Crippen LogP contribution in [0.15, 0.2) is 42.5 Å². The molecule has 5 N–H and O–H groups in total. The van der Waals surface area contributed by atoms with Gasteiger partial charge >= 0.3 is 6.03 Å². The van der Waals surface area contributed by atoms with Crippen molar-refractivity contribution < 1.29 is 18.7 Å². The van der Waals surface area contributed by atoms with Crippen LogP contribution in [-0.2, 0) is 11.3 Å². The van der Waals surface area contributed by atoms with Crippen molar-refractivity contribution >= 4 is 23.3 Å². The van der Waals surface area contributed by atoms with Crippen LogP contribution < -0.4 is 21.7 Å². The highest BCUT2D eigenvalue weighted by atomic mass is 19.1. The minimum Gasteiger partial charge on any atom is -0.380 e. The summed E-state index contributed by atoms with van der Waals surface area (Å²) in [5, 5.41) is 8.19. The second kappa shape index (κ2) is 9.18. The number of nitrogens with one attached hydrogen (secondary N) is 3. The molecule has 8 heteroatoms. The normalized spacial score (nSPS) is 15.8. The van der Waals surface area contributed by atoms with Gasteiger partial charge in [-0.15, -0.1) is 0 Å². The molecule has 148 valence electrons. The highest BCUT2D eigenvalue weighted by Crippen LogP contribution is 2.21. The minimum absolute atomic E-state index is 0.111. The summed E-state index contributed by atoms with van der Waals surface area (Å²) in [4.78, 5) is 23.0. The van der Waals surface area contributed by atoms with Gasteiger partial charge < -0.3 is 26.4 Å². The largest absolute Gasteiger partial charge is 0.380 e. The molecule has 1 aliphatic rings. The van der Waals surface area contributed by atoms with Crippen LogP contribution in [0.4, 0.5) is 20.6 Å². The lowest BCUT2D eigenvalue weighted by Crippen LogP contribution is -2.28. The molecule has 0 aromatic heterocycles. The topological polar surface area (TPSA) is 105 Å². The van der Waals surface area contributed by atoms with Gasteiger partial charge in [-0.05, 0) is 48.7 Å². The van der Waals surface area contributed by atoms with Crippen molar-refractivity contribution in [3.63, 3.8) is 0 Å². The summed E-state index contributed by atoms with van der Waals surface area (Å²) >= 11 is 0. The number of urea groups is 1. The molecular weight excluding hydrogens is 363 g/mol. The number of anilines is 2. The van der Waals surface area contributed by atoms with Crippen LogP contribution in [0.5, 0.6) is 0 Å². The van der Waals surface area contributed by atoms with Crippen molar-refractivity contribution in [2.24, 2.45) is 5.73 Å². The van der Waals surface area contributed by atoms with Crippen LogP contribution in [-0.4, -0.2) is 31.2 Å². The summed E-state index contributed by atoms with van der Waals surface area (Å²) in [6.07, 6.45) is 2.11. The predicted molar refractivity (Wildman–Crippen MR) is 105 cm³/mol. The number of primary amides is 1. The standard InChI is InChI=1S/C20H23FN4O3/c21-17-10-15(7-8-18(17)23-12-16-2-1-9-28-16)25-19(26)14-5-3-13(4-6-14)11-24-20(22)27/h3-8,10,16,23H,1-2,9,11-12H2,(H,25,26)(H3,22,24,27). The van der Waals surface area contributed by atoms with E-state index in [1.807, 2.05) is 0 Å². The van der Waals surface area contributed by atoms with E-state index in [0.717, 1.165) is 25.0 Å². The van der Waals surface area contributed by atoms with E-state index in [-0.39, 0.29) is 18.6 Å². The molecule has 2 aromatic rings. The van der Waals surface area contributed by atoms with Crippen molar-refractivity contribution in [3.8, 4) is 0 Å². The maximum Gasteiger partial charge on any atom is 0.312 e. The van der Waals surface area contributed by atoms with Gasteiger partial charge in [0.05, 0.1) is 11.8 Å². The lowest BCUT2D eigenvalue weighted by molar-refractivity contribution is 0.102. The van der Waals surface area contributed by atoms with E-state index < -0.39 is 11.8 Å². The summed E-state index contributed by atoms with van der Waals surface area (Å²) < 4.78 is 19.8. The fourth-order valence-electron chi connectivity index (χ4n) is 2.93. The van der Waals surface area contributed by atoms with Crippen molar-refractivity contribution in [2.45, 2.75) is 25.5 Å². The van der Waals surface area contributed by atoms with Crippen LogP contribution >= 0.6 is 0 Å². The second-order valence-electron chi connectivity index (χ2n) is 6.58. The van der Waals surface area contributed by atoms with Crippen molar-refractivity contribution in [3.05, 3.63) is 59.4 Å². The van der Waals surface area contributed by atoms with Gasteiger partial charge in [-0.3, -0.25) is 4.79 Å². The van der Waals surface area contributed by atoms with E-state index in [1.54, 1.807) is 36.4 Å². The van der Waals surface area contributed by atoms with Crippen molar-refractivity contribution in [1.82, 2.24) is 5.32 Å². The first-order valence-electron chi connectivity index (χ1n) is 9.10. The fraction of sp³-hybridized carbons (Fsp3) is 0.300. The number of hydrogen-bond acceptors (Lipinski definition) is 4. The third-order valence-electron chi connectivity index (χ3n) is 4.45. The van der Waals surface area contributed by atoms with Crippen LogP contribution in [0.1, 0.15) is 28.8 Å². The molecule has 7 nitrogen and oxygen atoms in total. The molecule has 1 fully saturated rings. The fourth-order valence-corrected chi connectivity index (χ4v) is 2.93. The van der Waals surface area contributed by atoms with Crippen LogP contribution in [0.25, 0.3) is 0 Å². The van der Waals surface area contributed by atoms with E-state index in [0.29, 0.717) is 23.5 Å². The van der Waals surface area contributed by atoms with Gasteiger partial charge in [0.1, 0.15) is 5.82 Å². The first kappa shape index (κ1) is 19.6. The number of ether oxygens (including phenoxy) is 1. The third kappa shape index (κ3) is 5.43. The molecule has 2 aromatic carbocycles. The lowest BCUT2D eigenvalue weighted by atomic mass is 10.1. The summed E-state index contributed by atoms with van der Waals surface area (Å²) in [6, 6.07) is 10.6. The van der Waals surface area contributed by atoms with E-state index in [1.165, 1.54) is 6.07 Å². The Kier molecular flexibility index (Phi) is 6.44. The summed E-state index contributed by atoms with van der Waals surface area (Å²) in [5.74, 6) is -0.794. The van der Waals surface area contributed by atoms with E-state index in [9.17, 15) is 14.0 Å². The Balaban J connectivity index is 1.55. The highest BCUT2D eigenvalue weighted by molar-refractivity contribution is 6.04. The van der Waals surface area contributed by atoms with E-state index in [2.05, 4.69) is 16.0 Å². The van der Waals surface area contributed by atoms with Gasteiger partial charge in [0.2, 0.25) is 0 Å². The molecule has 0 saturated carbocycles. The lowest BCUT2D eigenvalue weighted by Gasteiger charge is -2.13. The Bertz CT molecular complexity index is 836. The maximum atomic E-state index is 14.3. The molecule has 1 aliphatic heterocycles. The summed E-state index contributed by atoms with van der Waals surface area (Å²) in [7, 11) is 0. The van der Waals surface area contributed by atoms with Gasteiger partial charge in [-0.2, -0.15) is 0 Å². The molecule has 1 atom stereocenters. The number of nitrogens with two attached hydrogens (primary N) is 1. The molecule has 3 rings (SSSR count). The quantitative estimate of drug-likeness (QED) is 0.587. The number of carbonyl (C=O) groups is 2. The molecule has 0 aliphatic carbocycles. The molecule has 1 unspecified atom stereocenters. The molecule has 0 bridgehead atoms. The zero-order valence-electron chi connectivity index (χ0n) is 15.3. The monoisotopic (exact) mass is 386 g/mol. The SMILES string of the molecule is NC(=O)NCc1ccc(C(=O)Nc2ccc(NCC3CCCO3)c(F)c2)cc1. The van der Waals surface area contributed by atoms with E-state index in [4.69, 9.17) is 10.5 Å². The second-order valence-corrected chi connectivity index (χ2v) is 6.58. The van der Waals surface area contributed by atoms with Gasteiger partial charge in [-0.25, -0.2) is 9.18 Å².